The Morgan fingerprint density at radius 2 is 0.825 bits per heavy atom. The second-order valence-corrected chi connectivity index (χ2v) is 11.0. The van der Waals surface area contributed by atoms with Crippen LogP contribution >= 0.6 is 11.8 Å². The van der Waals surface area contributed by atoms with Crippen LogP contribution in [0.25, 0.3) is 34.2 Å². The number of benzene rings is 5. The third-order valence-corrected chi connectivity index (χ3v) is 8.20. The van der Waals surface area contributed by atoms with Crippen LogP contribution in [0.1, 0.15) is 11.1 Å². The normalized spacial score (nSPS) is 12.1. The first-order valence-corrected chi connectivity index (χ1v) is 14.1. The summed E-state index contributed by atoms with van der Waals surface area (Å²) in [6.07, 6.45) is 0. The lowest BCUT2D eigenvalue weighted by molar-refractivity contribution is 1.07. The van der Waals surface area contributed by atoms with Gasteiger partial charge in [-0.1, -0.05) is 95.7 Å². The number of nitrogens with zero attached hydrogens (tertiary/aromatic N) is 4. The molecule has 0 aliphatic carbocycles. The number of hydrogen-bond donors (Lipinski definition) is 0. The first-order valence-electron chi connectivity index (χ1n) is 13.3. The molecule has 6 aromatic rings. The van der Waals surface area contributed by atoms with Crippen LogP contribution < -0.4 is 4.90 Å². The molecule has 1 aliphatic heterocycles. The summed E-state index contributed by atoms with van der Waals surface area (Å²) in [6.45, 7) is 4.17. The second kappa shape index (κ2) is 10.1. The molecule has 0 radical (unpaired) electrons. The fourth-order valence-corrected chi connectivity index (χ4v) is 5.97. The summed E-state index contributed by atoms with van der Waals surface area (Å²) in [4.78, 5) is 19.5. The highest BCUT2D eigenvalue weighted by atomic mass is 32.2. The Morgan fingerprint density at radius 1 is 0.450 bits per heavy atom. The molecule has 5 aromatic carbocycles. The highest BCUT2D eigenvalue weighted by Crippen LogP contribution is 2.51. The van der Waals surface area contributed by atoms with E-state index in [1.165, 1.54) is 32.3 Å². The first-order chi connectivity index (χ1) is 19.6. The Bertz CT molecular complexity index is 1720. The van der Waals surface area contributed by atoms with Crippen molar-refractivity contribution in [3.63, 3.8) is 0 Å². The number of hydrogen-bond acceptors (Lipinski definition) is 5. The zero-order valence-electron chi connectivity index (χ0n) is 22.2. The zero-order chi connectivity index (χ0) is 27.1. The summed E-state index contributed by atoms with van der Waals surface area (Å²) in [5, 5.41) is 0. The first kappa shape index (κ1) is 24.3. The van der Waals surface area contributed by atoms with E-state index in [0.29, 0.717) is 17.5 Å². The lowest BCUT2D eigenvalue weighted by Crippen LogP contribution is -2.14. The van der Waals surface area contributed by atoms with Crippen molar-refractivity contribution in [2.24, 2.45) is 0 Å². The Morgan fingerprint density at radius 3 is 1.25 bits per heavy atom. The van der Waals surface area contributed by atoms with Gasteiger partial charge in [-0.05, 0) is 62.4 Å². The van der Waals surface area contributed by atoms with Gasteiger partial charge in [0.25, 0.3) is 0 Å². The van der Waals surface area contributed by atoms with Crippen LogP contribution in [0.2, 0.25) is 0 Å². The Labute approximate surface area is 238 Å². The van der Waals surface area contributed by atoms with E-state index in [1.807, 2.05) is 11.8 Å². The third kappa shape index (κ3) is 4.55. The summed E-state index contributed by atoms with van der Waals surface area (Å²) in [7, 11) is 0. The van der Waals surface area contributed by atoms with Crippen LogP contribution in [0.5, 0.6) is 0 Å². The molecule has 7 rings (SSSR count). The molecule has 0 saturated heterocycles. The summed E-state index contributed by atoms with van der Waals surface area (Å²) >= 11 is 1.81. The number of anilines is 3. The molecular formula is C35H26N4S. The number of aryl methyl sites for hydroxylation is 2. The van der Waals surface area contributed by atoms with Crippen molar-refractivity contribution in [3.05, 3.63) is 132 Å². The van der Waals surface area contributed by atoms with Crippen molar-refractivity contribution in [2.75, 3.05) is 4.90 Å². The fraction of sp³-hybridized carbons (Fsp3) is 0.0571. The van der Waals surface area contributed by atoms with Crippen molar-refractivity contribution in [2.45, 2.75) is 23.6 Å². The van der Waals surface area contributed by atoms with Gasteiger partial charge >= 0.3 is 0 Å². The van der Waals surface area contributed by atoms with Gasteiger partial charge < -0.3 is 4.90 Å². The van der Waals surface area contributed by atoms with Gasteiger partial charge in [0.15, 0.2) is 17.5 Å². The van der Waals surface area contributed by atoms with Gasteiger partial charge in [0, 0.05) is 32.2 Å². The smallest absolute Gasteiger partial charge is 0.164 e. The van der Waals surface area contributed by atoms with Crippen molar-refractivity contribution in [3.8, 4) is 34.2 Å². The topological polar surface area (TPSA) is 41.9 Å². The van der Waals surface area contributed by atoms with E-state index in [2.05, 4.69) is 140 Å². The highest BCUT2D eigenvalue weighted by molar-refractivity contribution is 7.99. The maximum absolute atomic E-state index is 4.92. The molecular weight excluding hydrogens is 508 g/mol. The van der Waals surface area contributed by atoms with E-state index >= 15 is 0 Å². The maximum atomic E-state index is 4.92. The maximum Gasteiger partial charge on any atom is 0.164 e. The molecule has 192 valence electrons. The van der Waals surface area contributed by atoms with Gasteiger partial charge in [-0.15, -0.1) is 0 Å². The van der Waals surface area contributed by atoms with Crippen molar-refractivity contribution in [1.82, 2.24) is 15.0 Å². The molecule has 0 atom stereocenters. The molecule has 40 heavy (non-hydrogen) atoms. The summed E-state index contributed by atoms with van der Waals surface area (Å²) < 4.78 is 0. The average molecular weight is 535 g/mol. The third-order valence-electron chi connectivity index (χ3n) is 7.07. The van der Waals surface area contributed by atoms with Gasteiger partial charge in [0.2, 0.25) is 0 Å². The molecule has 1 aliphatic rings. The van der Waals surface area contributed by atoms with Gasteiger partial charge in [-0.3, -0.25) is 0 Å². The molecule has 0 bridgehead atoms. The van der Waals surface area contributed by atoms with E-state index in [0.717, 1.165) is 22.4 Å². The number of rotatable bonds is 4. The zero-order valence-corrected chi connectivity index (χ0v) is 23.1. The van der Waals surface area contributed by atoms with Gasteiger partial charge in [-0.2, -0.15) is 0 Å². The number of aromatic nitrogens is 3. The van der Waals surface area contributed by atoms with Crippen LogP contribution in [0.4, 0.5) is 17.1 Å². The van der Waals surface area contributed by atoms with Gasteiger partial charge in [-0.25, -0.2) is 15.0 Å². The minimum absolute atomic E-state index is 0.655. The highest BCUT2D eigenvalue weighted by Gasteiger charge is 2.24. The number of fused-ring (bicyclic) bond motifs is 2. The molecule has 0 N–H and O–H groups in total. The summed E-state index contributed by atoms with van der Waals surface area (Å²) in [5.74, 6) is 1.99. The molecule has 0 amide bonds. The van der Waals surface area contributed by atoms with Crippen LogP contribution in [0.15, 0.2) is 131 Å². The van der Waals surface area contributed by atoms with Gasteiger partial charge in [0.05, 0.1) is 11.4 Å². The molecule has 0 unspecified atom stereocenters. The lowest BCUT2D eigenvalue weighted by Gasteiger charge is -2.32. The minimum atomic E-state index is 0.655. The Balaban J connectivity index is 1.32. The molecule has 0 saturated carbocycles. The monoisotopic (exact) mass is 534 g/mol. The van der Waals surface area contributed by atoms with E-state index in [1.54, 1.807) is 0 Å². The minimum Gasteiger partial charge on any atom is -0.308 e. The van der Waals surface area contributed by atoms with Crippen molar-refractivity contribution in [1.29, 1.82) is 0 Å². The average Bonchev–Trinajstić information content (AvgIpc) is 3.00. The van der Waals surface area contributed by atoms with Crippen LogP contribution in [0.3, 0.4) is 0 Å². The summed E-state index contributed by atoms with van der Waals surface area (Å²) in [5.41, 5.74) is 8.75. The SMILES string of the molecule is Cc1ccc(-c2nc(-c3ccc(C)cc3)nc(-c3ccc(N4c5ccccc5Sc5ccccc54)cc3)n2)cc1. The fourth-order valence-electron chi connectivity index (χ4n) is 4.91. The van der Waals surface area contributed by atoms with Gasteiger partial charge in [0.1, 0.15) is 0 Å². The van der Waals surface area contributed by atoms with E-state index in [4.69, 9.17) is 15.0 Å². The quantitative estimate of drug-likeness (QED) is 0.225. The van der Waals surface area contributed by atoms with E-state index in [-0.39, 0.29) is 0 Å². The molecule has 0 fully saturated rings. The number of para-hydroxylation sites is 2. The van der Waals surface area contributed by atoms with Crippen LogP contribution in [-0.2, 0) is 0 Å². The second-order valence-electron chi connectivity index (χ2n) is 9.96. The van der Waals surface area contributed by atoms with Crippen LogP contribution in [-0.4, -0.2) is 15.0 Å². The lowest BCUT2D eigenvalue weighted by atomic mass is 10.1. The molecule has 2 heterocycles. The summed E-state index contributed by atoms with van der Waals surface area (Å²) in [6, 6.07) is 42.3. The predicted octanol–water partition coefficient (Wildman–Crippen LogP) is 9.42. The van der Waals surface area contributed by atoms with Crippen LogP contribution in [0, 0.1) is 13.8 Å². The largest absolute Gasteiger partial charge is 0.308 e. The standard InChI is InChI=1S/C35H26N4S/c1-23-11-15-25(16-12-23)33-36-34(26-17-13-24(2)14-18-26)38-35(37-33)27-19-21-28(22-20-27)39-29-7-3-5-9-31(29)40-32-10-6-4-8-30(32)39/h3-22H,1-2H3. The molecule has 4 nitrogen and oxygen atoms in total. The molecule has 5 heteroatoms. The van der Waals surface area contributed by atoms with Crippen molar-refractivity contribution >= 4 is 28.8 Å². The van der Waals surface area contributed by atoms with E-state index in [9.17, 15) is 0 Å². The molecule has 1 aromatic heterocycles. The Kier molecular flexibility index (Phi) is 6.14. The predicted molar refractivity (Wildman–Crippen MR) is 164 cm³/mol. The molecule has 0 spiro atoms. The Hall–Kier alpha value is -4.74. The van der Waals surface area contributed by atoms with E-state index < -0.39 is 0 Å². The van der Waals surface area contributed by atoms with Crippen molar-refractivity contribution < 1.29 is 0 Å².